The zero-order valence-electron chi connectivity index (χ0n) is 21.3. The number of hydrogen-bond donors (Lipinski definition) is 7. The van der Waals surface area contributed by atoms with E-state index in [1.807, 2.05) is 6.07 Å². The average Bonchev–Trinajstić information content (AvgIpc) is 2.89. The number of hydrogen-bond acceptors (Lipinski definition) is 11. The number of ether oxygens (including phenoxy) is 4. The summed E-state index contributed by atoms with van der Waals surface area (Å²) in [4.78, 5) is 23.1. The van der Waals surface area contributed by atoms with Crippen LogP contribution in [0.3, 0.4) is 0 Å². The number of rotatable bonds is 8. The highest BCUT2D eigenvalue weighted by atomic mass is 16.7. The van der Waals surface area contributed by atoms with E-state index in [9.17, 15) is 35.1 Å². The van der Waals surface area contributed by atoms with Crippen LogP contribution in [0.25, 0.3) is 0 Å². The van der Waals surface area contributed by atoms with E-state index in [2.05, 4.69) is 10.6 Å². The van der Waals surface area contributed by atoms with Crippen LogP contribution in [0.4, 0.5) is 0 Å². The number of benzene rings is 2. The molecule has 0 bridgehead atoms. The van der Waals surface area contributed by atoms with Crippen LogP contribution in [0.1, 0.15) is 31.1 Å². The smallest absolute Gasteiger partial charge is 0.229 e. The van der Waals surface area contributed by atoms with E-state index < -0.39 is 49.6 Å². The van der Waals surface area contributed by atoms with Crippen LogP contribution in [-0.2, 0) is 20.7 Å². The van der Waals surface area contributed by atoms with Crippen molar-refractivity contribution in [2.24, 2.45) is 0 Å². The van der Waals surface area contributed by atoms with Gasteiger partial charge in [0.1, 0.15) is 24.4 Å². The van der Waals surface area contributed by atoms with Crippen molar-refractivity contribution in [2.45, 2.75) is 63.3 Å². The van der Waals surface area contributed by atoms with E-state index in [1.54, 1.807) is 12.1 Å². The maximum Gasteiger partial charge on any atom is 0.229 e. The standard InChI is InChI=1S/C26H32N2O11/c1-12(30)27-8-7-14-3-6-17-19(9-14)36-24(25(37-17)28-13(2)31)15-4-5-16(32)18(10-15)38-26-23(35)22(34)21(33)20(11-29)39-26/h3-6,9-10,20-26,29,32-35H,7-8,11H2,1-2H3,(H,27,30)(H,28,31)/t20-,21-,22+,23-,24-,25+,26+/m1/s1. The molecule has 2 aromatic rings. The number of nitrogens with one attached hydrogen (secondary N) is 2. The monoisotopic (exact) mass is 548 g/mol. The summed E-state index contributed by atoms with van der Waals surface area (Å²) in [5, 5.41) is 55.6. The van der Waals surface area contributed by atoms with Gasteiger partial charge in [0.2, 0.25) is 24.3 Å². The number of phenolic OH excluding ortho intramolecular Hbond substituents is 1. The topological polar surface area (TPSA) is 196 Å². The summed E-state index contributed by atoms with van der Waals surface area (Å²) in [6, 6.07) is 9.52. The molecule has 1 fully saturated rings. The molecule has 2 heterocycles. The van der Waals surface area contributed by atoms with Gasteiger partial charge < -0.3 is 55.1 Å². The molecule has 39 heavy (non-hydrogen) atoms. The summed E-state index contributed by atoms with van der Waals surface area (Å²) in [5.74, 6) is -0.211. The van der Waals surface area contributed by atoms with Crippen LogP contribution in [0.15, 0.2) is 36.4 Å². The molecule has 2 aliphatic rings. The summed E-state index contributed by atoms with van der Waals surface area (Å²) < 4.78 is 23.2. The number of carbonyl (C=O) groups excluding carboxylic acids is 2. The zero-order valence-corrected chi connectivity index (χ0v) is 21.3. The number of aliphatic hydroxyl groups is 4. The summed E-state index contributed by atoms with van der Waals surface area (Å²) in [7, 11) is 0. The lowest BCUT2D eigenvalue weighted by atomic mass is 9.99. The van der Waals surface area contributed by atoms with E-state index in [-0.39, 0.29) is 23.3 Å². The van der Waals surface area contributed by atoms with Crippen LogP contribution in [0, 0.1) is 0 Å². The molecule has 2 aromatic carbocycles. The third-order valence-electron chi connectivity index (χ3n) is 6.33. The molecule has 0 spiro atoms. The molecule has 0 unspecified atom stereocenters. The number of amides is 2. The van der Waals surface area contributed by atoms with Crippen LogP contribution >= 0.6 is 0 Å². The predicted molar refractivity (Wildman–Crippen MR) is 133 cm³/mol. The average molecular weight is 549 g/mol. The molecular weight excluding hydrogens is 516 g/mol. The number of aromatic hydroxyl groups is 1. The van der Waals surface area contributed by atoms with Crippen molar-refractivity contribution >= 4 is 11.8 Å². The fraction of sp³-hybridized carbons (Fsp3) is 0.462. The Labute approximate surface area is 223 Å². The van der Waals surface area contributed by atoms with E-state index >= 15 is 0 Å². The first kappa shape index (κ1) is 28.4. The second-order valence-corrected chi connectivity index (χ2v) is 9.33. The number of carbonyl (C=O) groups is 2. The first-order chi connectivity index (χ1) is 18.6. The Hall–Kier alpha value is -3.62. The highest BCUT2D eigenvalue weighted by Crippen LogP contribution is 2.41. The van der Waals surface area contributed by atoms with Crippen molar-refractivity contribution in [3.63, 3.8) is 0 Å². The molecule has 13 heteroatoms. The van der Waals surface area contributed by atoms with Gasteiger partial charge in [-0.2, -0.15) is 0 Å². The van der Waals surface area contributed by atoms with Crippen molar-refractivity contribution in [3.8, 4) is 23.0 Å². The second kappa shape index (κ2) is 12.1. The Morgan fingerprint density at radius 3 is 2.41 bits per heavy atom. The molecule has 13 nitrogen and oxygen atoms in total. The molecule has 7 N–H and O–H groups in total. The molecule has 1 saturated heterocycles. The van der Waals surface area contributed by atoms with Gasteiger partial charge in [-0.3, -0.25) is 9.59 Å². The van der Waals surface area contributed by atoms with Crippen LogP contribution < -0.4 is 24.8 Å². The summed E-state index contributed by atoms with van der Waals surface area (Å²) in [6.07, 6.45) is -8.95. The SMILES string of the molecule is CC(=O)NCCc1ccc2c(c1)O[C@H](c1ccc(O)c(O[C@H]3O[C@H](CO)[C@@H](O)[C@H](O)[C@H]3O)c1)[C@@H](NC(C)=O)O2. The molecule has 2 amide bonds. The van der Waals surface area contributed by atoms with Gasteiger partial charge >= 0.3 is 0 Å². The van der Waals surface area contributed by atoms with Gasteiger partial charge in [-0.1, -0.05) is 12.1 Å². The maximum absolute atomic E-state index is 11.9. The van der Waals surface area contributed by atoms with Gasteiger partial charge in [0.25, 0.3) is 0 Å². The molecule has 0 radical (unpaired) electrons. The fourth-order valence-electron chi connectivity index (χ4n) is 4.32. The highest BCUT2D eigenvalue weighted by Gasteiger charge is 2.45. The summed E-state index contributed by atoms with van der Waals surface area (Å²) in [6.45, 7) is 2.55. The Bertz CT molecular complexity index is 1190. The van der Waals surface area contributed by atoms with Crippen molar-refractivity contribution in [3.05, 3.63) is 47.5 Å². The third kappa shape index (κ3) is 6.52. The molecule has 0 aromatic heterocycles. The molecule has 7 atom stereocenters. The van der Waals surface area contributed by atoms with Crippen LogP contribution in [0.2, 0.25) is 0 Å². The molecule has 4 rings (SSSR count). The van der Waals surface area contributed by atoms with E-state index in [1.165, 1.54) is 32.0 Å². The van der Waals surface area contributed by atoms with Gasteiger partial charge in [-0.15, -0.1) is 0 Å². The molecular formula is C26H32N2O11. The molecule has 2 aliphatic heterocycles. The van der Waals surface area contributed by atoms with Crippen LogP contribution in [-0.4, -0.2) is 87.4 Å². The van der Waals surface area contributed by atoms with E-state index in [0.29, 0.717) is 30.0 Å². The normalized spacial score (nSPS) is 27.9. The minimum absolute atomic E-state index is 0.139. The van der Waals surface area contributed by atoms with Gasteiger partial charge in [0.05, 0.1) is 6.61 Å². The Morgan fingerprint density at radius 1 is 0.949 bits per heavy atom. The number of phenols is 1. The molecule has 0 saturated carbocycles. The first-order valence-corrected chi connectivity index (χ1v) is 12.3. The van der Waals surface area contributed by atoms with Crippen molar-refractivity contribution in [1.82, 2.24) is 10.6 Å². The zero-order chi connectivity index (χ0) is 28.3. The largest absolute Gasteiger partial charge is 0.504 e. The predicted octanol–water partition coefficient (Wildman–Crippen LogP) is -0.776. The maximum atomic E-state index is 11.9. The Morgan fingerprint density at radius 2 is 1.72 bits per heavy atom. The quantitative estimate of drug-likeness (QED) is 0.219. The third-order valence-corrected chi connectivity index (χ3v) is 6.33. The lowest BCUT2D eigenvalue weighted by Crippen LogP contribution is -2.60. The van der Waals surface area contributed by atoms with Crippen LogP contribution in [0.5, 0.6) is 23.0 Å². The van der Waals surface area contributed by atoms with Crippen molar-refractivity contribution in [1.29, 1.82) is 0 Å². The van der Waals surface area contributed by atoms with Gasteiger partial charge in [0.15, 0.2) is 29.1 Å². The van der Waals surface area contributed by atoms with Crippen molar-refractivity contribution < 1.29 is 54.1 Å². The van der Waals surface area contributed by atoms with Gasteiger partial charge in [0, 0.05) is 26.0 Å². The highest BCUT2D eigenvalue weighted by molar-refractivity contribution is 5.73. The minimum atomic E-state index is -1.69. The molecule has 0 aliphatic carbocycles. The summed E-state index contributed by atoms with van der Waals surface area (Å²) >= 11 is 0. The Balaban J connectivity index is 1.59. The lowest BCUT2D eigenvalue weighted by molar-refractivity contribution is -0.277. The first-order valence-electron chi connectivity index (χ1n) is 12.3. The van der Waals surface area contributed by atoms with Gasteiger partial charge in [-0.25, -0.2) is 0 Å². The molecule has 212 valence electrons. The summed E-state index contributed by atoms with van der Waals surface area (Å²) in [5.41, 5.74) is 1.29. The number of aliphatic hydroxyl groups excluding tert-OH is 4. The fourth-order valence-corrected chi connectivity index (χ4v) is 4.32. The number of fused-ring (bicyclic) bond motifs is 1. The van der Waals surface area contributed by atoms with E-state index in [4.69, 9.17) is 18.9 Å². The minimum Gasteiger partial charge on any atom is -0.504 e. The second-order valence-electron chi connectivity index (χ2n) is 9.33. The van der Waals surface area contributed by atoms with Gasteiger partial charge in [-0.05, 0) is 36.2 Å². The van der Waals surface area contributed by atoms with Crippen molar-refractivity contribution in [2.75, 3.05) is 13.2 Å². The lowest BCUT2D eigenvalue weighted by Gasteiger charge is -2.39. The Kier molecular flexibility index (Phi) is 8.77. The van der Waals surface area contributed by atoms with E-state index in [0.717, 1.165) is 5.56 Å².